The van der Waals surface area contributed by atoms with Gasteiger partial charge in [-0.25, -0.2) is 4.79 Å². The van der Waals surface area contributed by atoms with Crippen LogP contribution in [0.1, 0.15) is 45.7 Å². The van der Waals surface area contributed by atoms with Gasteiger partial charge >= 0.3 is 6.03 Å². The maximum atomic E-state index is 11.9. The first-order chi connectivity index (χ1) is 10.1. The van der Waals surface area contributed by atoms with Crippen molar-refractivity contribution in [1.82, 2.24) is 15.5 Å². The highest BCUT2D eigenvalue weighted by molar-refractivity contribution is 5.74. The average molecular weight is 291 g/mol. The Morgan fingerprint density at radius 2 is 1.76 bits per heavy atom. The fourth-order valence-corrected chi connectivity index (χ4v) is 2.36. The zero-order chi connectivity index (χ0) is 15.7. The second kappa shape index (κ2) is 9.40. The Morgan fingerprint density at radius 3 is 2.29 bits per heavy atom. The Balaban J connectivity index is 2.68. The minimum atomic E-state index is -0.0857. The Morgan fingerprint density at radius 1 is 1.14 bits per heavy atom. The van der Waals surface area contributed by atoms with E-state index in [9.17, 15) is 4.79 Å². The van der Waals surface area contributed by atoms with Crippen LogP contribution in [0.2, 0.25) is 0 Å². The lowest BCUT2D eigenvalue weighted by Crippen LogP contribution is -2.44. The third-order valence-corrected chi connectivity index (χ3v) is 3.88. The van der Waals surface area contributed by atoms with E-state index in [1.807, 2.05) is 25.1 Å². The van der Waals surface area contributed by atoms with Gasteiger partial charge in [0.05, 0.1) is 6.04 Å². The molecule has 4 nitrogen and oxygen atoms in total. The smallest absolute Gasteiger partial charge is 0.315 e. The Kier molecular flexibility index (Phi) is 7.83. The van der Waals surface area contributed by atoms with Crippen LogP contribution >= 0.6 is 0 Å². The van der Waals surface area contributed by atoms with E-state index in [-0.39, 0.29) is 18.1 Å². The molecule has 0 aliphatic carbocycles. The van der Waals surface area contributed by atoms with E-state index < -0.39 is 0 Å². The predicted octanol–water partition coefficient (Wildman–Crippen LogP) is 3.17. The maximum absolute atomic E-state index is 11.9. The van der Waals surface area contributed by atoms with Gasteiger partial charge in [-0.15, -0.1) is 0 Å². The topological polar surface area (TPSA) is 44.4 Å². The van der Waals surface area contributed by atoms with Crippen LogP contribution in [0.15, 0.2) is 30.3 Å². The van der Waals surface area contributed by atoms with Crippen molar-refractivity contribution in [3.05, 3.63) is 35.9 Å². The SMILES string of the molecule is CCC(C)NC(=O)NCC(c1ccccc1)N(CC)CC. The number of benzene rings is 1. The molecular formula is C17H29N3O. The first kappa shape index (κ1) is 17.5. The first-order valence-corrected chi connectivity index (χ1v) is 7.95. The zero-order valence-corrected chi connectivity index (χ0v) is 13.7. The van der Waals surface area contributed by atoms with Crippen LogP contribution in [0.5, 0.6) is 0 Å². The molecule has 0 radical (unpaired) electrons. The van der Waals surface area contributed by atoms with E-state index in [2.05, 4.69) is 48.4 Å². The normalized spacial score (nSPS) is 13.8. The molecule has 4 heteroatoms. The van der Waals surface area contributed by atoms with Gasteiger partial charge in [0.15, 0.2) is 0 Å². The Hall–Kier alpha value is -1.55. The summed E-state index contributed by atoms with van der Waals surface area (Å²) in [5.41, 5.74) is 1.24. The maximum Gasteiger partial charge on any atom is 0.315 e. The summed E-state index contributed by atoms with van der Waals surface area (Å²) in [6, 6.07) is 10.7. The predicted molar refractivity (Wildman–Crippen MR) is 88.4 cm³/mol. The van der Waals surface area contributed by atoms with Crippen molar-refractivity contribution in [2.75, 3.05) is 19.6 Å². The lowest BCUT2D eigenvalue weighted by Gasteiger charge is -2.30. The molecule has 0 aliphatic heterocycles. The molecule has 0 saturated heterocycles. The summed E-state index contributed by atoms with van der Waals surface area (Å²) in [6.45, 7) is 10.9. The third kappa shape index (κ3) is 5.76. The minimum absolute atomic E-state index is 0.0857. The van der Waals surface area contributed by atoms with Gasteiger partial charge in [0.25, 0.3) is 0 Å². The fraction of sp³-hybridized carbons (Fsp3) is 0.588. The summed E-state index contributed by atoms with van der Waals surface area (Å²) in [7, 11) is 0. The molecule has 1 aromatic rings. The van der Waals surface area contributed by atoms with Crippen LogP contribution in [0, 0.1) is 0 Å². The van der Waals surface area contributed by atoms with Crippen molar-refractivity contribution in [2.24, 2.45) is 0 Å². The number of carbonyl (C=O) groups is 1. The van der Waals surface area contributed by atoms with Gasteiger partial charge in [-0.3, -0.25) is 4.90 Å². The number of nitrogens with zero attached hydrogens (tertiary/aromatic N) is 1. The number of amides is 2. The quantitative estimate of drug-likeness (QED) is 0.772. The molecule has 2 amide bonds. The third-order valence-electron chi connectivity index (χ3n) is 3.88. The molecule has 118 valence electrons. The van der Waals surface area contributed by atoms with Crippen molar-refractivity contribution in [1.29, 1.82) is 0 Å². The van der Waals surface area contributed by atoms with Crippen LogP contribution < -0.4 is 10.6 Å². The molecule has 1 aromatic carbocycles. The number of hydrogen-bond acceptors (Lipinski definition) is 2. The van der Waals surface area contributed by atoms with Crippen LogP contribution in [-0.4, -0.2) is 36.6 Å². The summed E-state index contributed by atoms with van der Waals surface area (Å²) in [6.07, 6.45) is 0.936. The molecule has 0 fully saturated rings. The summed E-state index contributed by atoms with van der Waals surface area (Å²) in [4.78, 5) is 14.3. The number of nitrogens with one attached hydrogen (secondary N) is 2. The molecule has 0 bridgehead atoms. The lowest BCUT2D eigenvalue weighted by atomic mass is 10.1. The largest absolute Gasteiger partial charge is 0.336 e. The second-order valence-corrected chi connectivity index (χ2v) is 5.31. The highest BCUT2D eigenvalue weighted by Crippen LogP contribution is 2.19. The van der Waals surface area contributed by atoms with Gasteiger partial charge in [-0.1, -0.05) is 51.1 Å². The van der Waals surface area contributed by atoms with E-state index in [4.69, 9.17) is 0 Å². The minimum Gasteiger partial charge on any atom is -0.336 e. The van der Waals surface area contributed by atoms with E-state index in [1.54, 1.807) is 0 Å². The van der Waals surface area contributed by atoms with Gasteiger partial charge in [-0.2, -0.15) is 0 Å². The van der Waals surface area contributed by atoms with Crippen LogP contribution in [0.3, 0.4) is 0 Å². The van der Waals surface area contributed by atoms with E-state index in [0.717, 1.165) is 19.5 Å². The zero-order valence-electron chi connectivity index (χ0n) is 13.7. The van der Waals surface area contributed by atoms with Crippen molar-refractivity contribution in [3.8, 4) is 0 Å². The van der Waals surface area contributed by atoms with Gasteiger partial charge in [0.2, 0.25) is 0 Å². The molecule has 2 unspecified atom stereocenters. The van der Waals surface area contributed by atoms with E-state index in [0.29, 0.717) is 6.54 Å². The van der Waals surface area contributed by atoms with Gasteiger partial charge in [-0.05, 0) is 32.0 Å². The second-order valence-electron chi connectivity index (χ2n) is 5.31. The standard InChI is InChI=1S/C17H29N3O/c1-5-14(4)19-17(21)18-13-16(20(6-2)7-3)15-11-9-8-10-12-15/h8-12,14,16H,5-7,13H2,1-4H3,(H2,18,19,21). The number of urea groups is 1. The average Bonchev–Trinajstić information content (AvgIpc) is 2.52. The molecule has 0 aromatic heterocycles. The molecule has 0 aliphatic rings. The molecule has 2 N–H and O–H groups in total. The highest BCUT2D eigenvalue weighted by atomic mass is 16.2. The first-order valence-electron chi connectivity index (χ1n) is 7.95. The number of carbonyl (C=O) groups excluding carboxylic acids is 1. The summed E-state index contributed by atoms with van der Waals surface area (Å²) < 4.78 is 0. The molecule has 2 atom stereocenters. The molecule has 0 spiro atoms. The Labute approximate surface area is 128 Å². The monoisotopic (exact) mass is 291 g/mol. The highest BCUT2D eigenvalue weighted by Gasteiger charge is 2.18. The Bertz CT molecular complexity index is 404. The summed E-state index contributed by atoms with van der Waals surface area (Å²) in [5, 5.41) is 5.95. The number of hydrogen-bond donors (Lipinski definition) is 2. The molecule has 1 rings (SSSR count). The van der Waals surface area contributed by atoms with Gasteiger partial charge in [0.1, 0.15) is 0 Å². The van der Waals surface area contributed by atoms with E-state index >= 15 is 0 Å². The summed E-state index contributed by atoms with van der Waals surface area (Å²) >= 11 is 0. The van der Waals surface area contributed by atoms with Crippen LogP contribution in [0.25, 0.3) is 0 Å². The van der Waals surface area contributed by atoms with Crippen molar-refractivity contribution in [2.45, 2.75) is 46.2 Å². The van der Waals surface area contributed by atoms with Gasteiger partial charge in [0, 0.05) is 12.6 Å². The van der Waals surface area contributed by atoms with Crippen molar-refractivity contribution in [3.63, 3.8) is 0 Å². The molecule has 0 saturated carbocycles. The number of likely N-dealkylation sites (N-methyl/N-ethyl adjacent to an activating group) is 1. The van der Waals surface area contributed by atoms with Gasteiger partial charge < -0.3 is 10.6 Å². The van der Waals surface area contributed by atoms with Crippen LogP contribution in [-0.2, 0) is 0 Å². The molecule has 21 heavy (non-hydrogen) atoms. The lowest BCUT2D eigenvalue weighted by molar-refractivity contribution is 0.205. The number of rotatable bonds is 8. The van der Waals surface area contributed by atoms with Crippen molar-refractivity contribution < 1.29 is 4.79 Å². The molecular weight excluding hydrogens is 262 g/mol. The summed E-state index contributed by atoms with van der Waals surface area (Å²) in [5.74, 6) is 0. The van der Waals surface area contributed by atoms with Crippen molar-refractivity contribution >= 4 is 6.03 Å². The van der Waals surface area contributed by atoms with Crippen LogP contribution in [0.4, 0.5) is 4.79 Å². The van der Waals surface area contributed by atoms with E-state index in [1.165, 1.54) is 5.56 Å². The fourth-order valence-electron chi connectivity index (χ4n) is 2.36. The molecule has 0 heterocycles.